The summed E-state index contributed by atoms with van der Waals surface area (Å²) < 4.78 is 27.0. The van der Waals surface area contributed by atoms with Crippen LogP contribution in [-0.2, 0) is 21.4 Å². The molecule has 3 N–H and O–H groups in total. The van der Waals surface area contributed by atoms with Gasteiger partial charge in [0.25, 0.3) is 5.56 Å². The van der Waals surface area contributed by atoms with E-state index in [1.54, 1.807) is 0 Å². The second kappa shape index (κ2) is 7.79. The fraction of sp³-hybridized carbons (Fsp3) is 0.438. The van der Waals surface area contributed by atoms with Gasteiger partial charge in [-0.2, -0.15) is 4.31 Å². The number of carbonyl (C=O) groups excluding carboxylic acids is 1. The standard InChI is InChI=1S/C16H20N4O5S2/c1-10-13(15(22)19-16(23)18-10)27(24,25)20-6-2-4-11(9-20)14(21)17-8-12-5-3-7-26-12/h3,5,7,11H,2,4,6,8-9H2,1H3,(H,17,21)(H2,18,19,22,23)/t11-/m1/s1. The summed E-state index contributed by atoms with van der Waals surface area (Å²) in [5, 5.41) is 4.75. The molecule has 3 heterocycles. The molecule has 0 bridgehead atoms. The molecule has 2 aromatic rings. The second-order valence-corrected chi connectivity index (χ2v) is 9.27. The first-order valence-corrected chi connectivity index (χ1v) is 10.7. The fourth-order valence-corrected chi connectivity index (χ4v) is 5.51. The third-order valence-corrected chi connectivity index (χ3v) is 7.34. The number of hydrogen-bond donors (Lipinski definition) is 3. The van der Waals surface area contributed by atoms with E-state index in [0.717, 1.165) is 9.18 Å². The van der Waals surface area contributed by atoms with Crippen LogP contribution in [0.15, 0.2) is 32.0 Å². The Kier molecular flexibility index (Phi) is 5.63. The largest absolute Gasteiger partial charge is 0.351 e. The predicted molar refractivity (Wildman–Crippen MR) is 100 cm³/mol. The molecular weight excluding hydrogens is 392 g/mol. The minimum atomic E-state index is -4.12. The molecule has 27 heavy (non-hydrogen) atoms. The molecule has 1 saturated heterocycles. The fourth-order valence-electron chi connectivity index (χ4n) is 3.13. The lowest BCUT2D eigenvalue weighted by Gasteiger charge is -2.31. The summed E-state index contributed by atoms with van der Waals surface area (Å²) in [5.74, 6) is -0.703. The van der Waals surface area contributed by atoms with Crippen molar-refractivity contribution >= 4 is 27.3 Å². The Morgan fingerprint density at radius 3 is 2.81 bits per heavy atom. The van der Waals surface area contributed by atoms with Crippen LogP contribution in [0.3, 0.4) is 0 Å². The van der Waals surface area contributed by atoms with Gasteiger partial charge < -0.3 is 10.3 Å². The lowest BCUT2D eigenvalue weighted by atomic mass is 9.99. The highest BCUT2D eigenvalue weighted by molar-refractivity contribution is 7.89. The lowest BCUT2D eigenvalue weighted by Crippen LogP contribution is -2.46. The number of piperidine rings is 1. The molecule has 9 nitrogen and oxygen atoms in total. The van der Waals surface area contributed by atoms with Crippen molar-refractivity contribution in [2.75, 3.05) is 13.1 Å². The Bertz CT molecular complexity index is 1040. The van der Waals surface area contributed by atoms with Crippen molar-refractivity contribution in [3.63, 3.8) is 0 Å². The molecule has 0 saturated carbocycles. The summed E-state index contributed by atoms with van der Waals surface area (Å²) in [5.41, 5.74) is -1.74. The second-order valence-electron chi connectivity index (χ2n) is 6.36. The van der Waals surface area contributed by atoms with Gasteiger partial charge in [0.15, 0.2) is 4.90 Å². The van der Waals surface area contributed by atoms with E-state index < -0.39 is 32.1 Å². The van der Waals surface area contributed by atoms with Crippen molar-refractivity contribution in [1.82, 2.24) is 19.6 Å². The van der Waals surface area contributed by atoms with Gasteiger partial charge >= 0.3 is 5.69 Å². The first-order chi connectivity index (χ1) is 12.8. The zero-order chi connectivity index (χ0) is 19.6. The van der Waals surface area contributed by atoms with Crippen LogP contribution in [0.2, 0.25) is 0 Å². The number of sulfonamides is 1. The van der Waals surface area contributed by atoms with Gasteiger partial charge in [0.1, 0.15) is 0 Å². The molecule has 1 atom stereocenters. The summed E-state index contributed by atoms with van der Waals surface area (Å²) in [7, 11) is -4.12. The van der Waals surface area contributed by atoms with Crippen molar-refractivity contribution in [3.05, 3.63) is 48.9 Å². The van der Waals surface area contributed by atoms with Gasteiger partial charge in [-0.25, -0.2) is 13.2 Å². The van der Waals surface area contributed by atoms with E-state index in [4.69, 9.17) is 0 Å². The van der Waals surface area contributed by atoms with Gasteiger partial charge in [-0.15, -0.1) is 11.3 Å². The summed E-state index contributed by atoms with van der Waals surface area (Å²) in [6.07, 6.45) is 1.08. The number of amides is 1. The molecule has 2 aromatic heterocycles. The van der Waals surface area contributed by atoms with E-state index >= 15 is 0 Å². The molecule has 0 aromatic carbocycles. The third-order valence-electron chi connectivity index (χ3n) is 4.44. The molecule has 1 amide bonds. The number of hydrogen-bond acceptors (Lipinski definition) is 6. The van der Waals surface area contributed by atoms with Crippen LogP contribution in [0.25, 0.3) is 0 Å². The summed E-state index contributed by atoms with van der Waals surface area (Å²) >= 11 is 1.53. The predicted octanol–water partition coefficient (Wildman–Crippen LogP) is 0.150. The van der Waals surface area contributed by atoms with Gasteiger partial charge in [-0.1, -0.05) is 6.07 Å². The van der Waals surface area contributed by atoms with Crippen LogP contribution in [-0.4, -0.2) is 41.7 Å². The molecule has 0 aliphatic carbocycles. The number of carbonyl (C=O) groups is 1. The smallest absolute Gasteiger partial charge is 0.325 e. The van der Waals surface area contributed by atoms with Crippen molar-refractivity contribution in [2.45, 2.75) is 31.2 Å². The maximum absolute atomic E-state index is 12.9. The molecule has 0 unspecified atom stereocenters. The van der Waals surface area contributed by atoms with Crippen LogP contribution in [0.1, 0.15) is 23.4 Å². The van der Waals surface area contributed by atoms with Gasteiger partial charge in [-0.05, 0) is 31.2 Å². The number of nitrogens with zero attached hydrogens (tertiary/aromatic N) is 1. The maximum Gasteiger partial charge on any atom is 0.325 e. The van der Waals surface area contributed by atoms with Crippen molar-refractivity contribution in [1.29, 1.82) is 0 Å². The Hall–Kier alpha value is -2.24. The average Bonchev–Trinajstić information content (AvgIpc) is 3.12. The Balaban J connectivity index is 1.76. The number of aromatic nitrogens is 2. The minimum absolute atomic E-state index is 0.00336. The van der Waals surface area contributed by atoms with Crippen LogP contribution in [0.4, 0.5) is 0 Å². The molecule has 0 radical (unpaired) electrons. The summed E-state index contributed by atoms with van der Waals surface area (Å²) in [6, 6.07) is 3.80. The molecule has 0 spiro atoms. The van der Waals surface area contributed by atoms with Gasteiger partial charge in [0, 0.05) is 23.7 Å². The Morgan fingerprint density at radius 2 is 2.15 bits per heavy atom. The average molecular weight is 412 g/mol. The van der Waals surface area contributed by atoms with Crippen molar-refractivity contribution < 1.29 is 13.2 Å². The first-order valence-electron chi connectivity index (χ1n) is 8.42. The zero-order valence-electron chi connectivity index (χ0n) is 14.6. The number of H-pyrrole nitrogens is 2. The van der Waals surface area contributed by atoms with Crippen LogP contribution in [0, 0.1) is 12.8 Å². The van der Waals surface area contributed by atoms with E-state index in [-0.39, 0.29) is 24.7 Å². The van der Waals surface area contributed by atoms with E-state index in [1.165, 1.54) is 18.3 Å². The molecule has 1 aliphatic rings. The topological polar surface area (TPSA) is 132 Å². The number of thiophene rings is 1. The third kappa shape index (κ3) is 4.20. The normalized spacial score (nSPS) is 18.3. The highest BCUT2D eigenvalue weighted by Crippen LogP contribution is 2.23. The van der Waals surface area contributed by atoms with E-state index in [1.807, 2.05) is 22.5 Å². The van der Waals surface area contributed by atoms with Crippen LogP contribution in [0.5, 0.6) is 0 Å². The minimum Gasteiger partial charge on any atom is -0.351 e. The van der Waals surface area contributed by atoms with Gasteiger partial charge in [0.2, 0.25) is 15.9 Å². The zero-order valence-corrected chi connectivity index (χ0v) is 16.3. The molecule has 3 rings (SSSR count). The number of nitrogens with one attached hydrogen (secondary N) is 3. The molecule has 146 valence electrons. The summed E-state index contributed by atoms with van der Waals surface area (Å²) in [4.78, 5) is 40.6. The van der Waals surface area contributed by atoms with E-state index in [0.29, 0.717) is 19.4 Å². The molecule has 11 heteroatoms. The molecule has 1 aliphatic heterocycles. The number of rotatable bonds is 5. The van der Waals surface area contributed by atoms with Gasteiger partial charge in [0.05, 0.1) is 12.5 Å². The maximum atomic E-state index is 12.9. The SMILES string of the molecule is Cc1[nH]c(=O)[nH]c(=O)c1S(=O)(=O)N1CCC[C@@H](C(=O)NCc2cccs2)C1. The monoisotopic (exact) mass is 412 g/mol. The molecular formula is C16H20N4O5S2. The first kappa shape index (κ1) is 19.5. The van der Waals surface area contributed by atoms with E-state index in [9.17, 15) is 22.8 Å². The Labute approximate surface area is 159 Å². The lowest BCUT2D eigenvalue weighted by molar-refractivity contribution is -0.126. The highest BCUT2D eigenvalue weighted by atomic mass is 32.2. The number of aryl methyl sites for hydroxylation is 1. The Morgan fingerprint density at radius 1 is 1.37 bits per heavy atom. The van der Waals surface area contributed by atoms with Crippen LogP contribution >= 0.6 is 11.3 Å². The highest BCUT2D eigenvalue weighted by Gasteiger charge is 2.35. The number of aromatic amines is 2. The van der Waals surface area contributed by atoms with Crippen molar-refractivity contribution in [2.24, 2.45) is 5.92 Å². The van der Waals surface area contributed by atoms with Gasteiger partial charge in [-0.3, -0.25) is 14.6 Å². The molecule has 1 fully saturated rings. The quantitative estimate of drug-likeness (QED) is 0.643. The van der Waals surface area contributed by atoms with Crippen molar-refractivity contribution in [3.8, 4) is 0 Å². The van der Waals surface area contributed by atoms with E-state index in [2.05, 4.69) is 10.3 Å². The summed E-state index contributed by atoms with van der Waals surface area (Å²) in [6.45, 7) is 1.97. The van der Waals surface area contributed by atoms with Crippen LogP contribution < -0.4 is 16.6 Å².